The van der Waals surface area contributed by atoms with Crippen LogP contribution < -0.4 is 0 Å². The van der Waals surface area contributed by atoms with Crippen LogP contribution in [0.3, 0.4) is 0 Å². The van der Waals surface area contributed by atoms with Gasteiger partial charge >= 0.3 is 0 Å². The van der Waals surface area contributed by atoms with Crippen LogP contribution in [0.1, 0.15) is 58.3 Å². The molecule has 1 N–H and O–H groups in total. The Hall–Kier alpha value is 0.442. The van der Waals surface area contributed by atoms with Crippen molar-refractivity contribution in [2.24, 2.45) is 0 Å². The van der Waals surface area contributed by atoms with Gasteiger partial charge in [0, 0.05) is 0 Å². The molecule has 0 rings (SSSR count). The minimum Gasteiger partial charge on any atom is -0.286 e. The first kappa shape index (κ1) is 17.8. The van der Waals surface area contributed by atoms with Crippen LogP contribution in [0.2, 0.25) is 0 Å². The van der Waals surface area contributed by atoms with Crippen molar-refractivity contribution >= 4 is 27.5 Å². The van der Waals surface area contributed by atoms with Crippen molar-refractivity contribution < 1.29 is 13.0 Å². The van der Waals surface area contributed by atoms with E-state index in [1.165, 1.54) is 32.1 Å². The van der Waals surface area contributed by atoms with E-state index >= 15 is 0 Å². The first-order valence-electron chi connectivity index (χ1n) is 5.51. The van der Waals surface area contributed by atoms with Crippen LogP contribution in [0.25, 0.3) is 0 Å². The van der Waals surface area contributed by atoms with E-state index in [4.69, 9.17) is 4.55 Å². The van der Waals surface area contributed by atoms with Gasteiger partial charge < -0.3 is 0 Å². The second-order valence-electron chi connectivity index (χ2n) is 3.76. The molecule has 0 aliphatic rings. The third-order valence-electron chi connectivity index (χ3n) is 2.26. The summed E-state index contributed by atoms with van der Waals surface area (Å²) in [4.78, 5) is 0. The first-order valence-corrected chi connectivity index (χ1v) is 7.12. The van der Waals surface area contributed by atoms with Gasteiger partial charge in [0.25, 0.3) is 10.1 Å². The number of rotatable bonds is 9. The van der Waals surface area contributed by atoms with Crippen LogP contribution >= 0.6 is 0 Å². The largest absolute Gasteiger partial charge is 0.286 e. The van der Waals surface area contributed by atoms with Crippen molar-refractivity contribution in [3.63, 3.8) is 0 Å². The predicted molar refractivity (Wildman–Crippen MR) is 69.0 cm³/mol. The molecule has 0 unspecified atom stereocenters. The monoisotopic (exact) mass is 252 g/mol. The van der Waals surface area contributed by atoms with Gasteiger partial charge in [0.1, 0.15) is 0 Å². The van der Waals surface area contributed by atoms with E-state index in [1.807, 2.05) is 0 Å². The molecule has 0 aliphatic heterocycles. The molecule has 0 saturated heterocycles. The average molecular weight is 252 g/mol. The molecule has 0 aromatic rings. The van der Waals surface area contributed by atoms with Crippen LogP contribution in [-0.4, -0.2) is 36.1 Å². The topological polar surface area (TPSA) is 54.4 Å². The summed E-state index contributed by atoms with van der Waals surface area (Å²) < 4.78 is 29.2. The van der Waals surface area contributed by atoms with Crippen molar-refractivity contribution in [3.8, 4) is 0 Å². The summed E-state index contributed by atoms with van der Waals surface area (Å²) in [6.07, 6.45) is 8.85. The maximum absolute atomic E-state index is 10.4. The highest BCUT2D eigenvalue weighted by Crippen LogP contribution is 2.08. The Morgan fingerprint density at radius 1 is 0.867 bits per heavy atom. The minimum atomic E-state index is -3.73. The van der Waals surface area contributed by atoms with Gasteiger partial charge in [0.05, 0.1) is 5.75 Å². The molecule has 0 aliphatic carbocycles. The van der Waals surface area contributed by atoms with E-state index < -0.39 is 10.1 Å². The molecule has 3 nitrogen and oxygen atoms in total. The maximum atomic E-state index is 10.4. The van der Waals surface area contributed by atoms with Crippen LogP contribution in [0.15, 0.2) is 0 Å². The highest BCUT2D eigenvalue weighted by molar-refractivity contribution is 7.85. The molecule has 0 radical (unpaired) electrons. The van der Waals surface area contributed by atoms with Gasteiger partial charge in [0.2, 0.25) is 0 Å². The normalized spacial score (nSPS) is 11.1. The molecule has 0 aromatic carbocycles. The Bertz CT molecular complexity index is 215. The molecule has 92 valence electrons. The van der Waals surface area contributed by atoms with E-state index in [-0.39, 0.29) is 23.1 Å². The van der Waals surface area contributed by atoms with E-state index in [9.17, 15) is 8.42 Å². The summed E-state index contributed by atoms with van der Waals surface area (Å²) >= 11 is 0. The van der Waals surface area contributed by atoms with E-state index in [0.29, 0.717) is 6.42 Å². The average Bonchev–Trinajstić information content (AvgIpc) is 2.08. The summed E-state index contributed by atoms with van der Waals surface area (Å²) in [5, 5.41) is 0. The standard InChI is InChI=1S/C10H22O3S.Al.3H/c1-2-3-4-5-6-7-8-9-10-14(11,12)13;;;;/h2-10H2,1H3,(H,11,12,13);;;;. The Balaban J connectivity index is 0. The Morgan fingerprint density at radius 2 is 1.27 bits per heavy atom. The number of hydrogen-bond acceptors (Lipinski definition) is 2. The third kappa shape index (κ3) is 17.1. The zero-order chi connectivity index (χ0) is 10.9. The van der Waals surface area contributed by atoms with Crippen molar-refractivity contribution in [1.29, 1.82) is 0 Å². The SMILES string of the molecule is CCCCCCCCCCS(=O)(=O)O.[AlH3]. The Morgan fingerprint density at radius 3 is 1.67 bits per heavy atom. The zero-order valence-electron chi connectivity index (χ0n) is 9.04. The smallest absolute Gasteiger partial charge is 0.264 e. The first-order chi connectivity index (χ1) is 6.56. The molecule has 0 spiro atoms. The van der Waals surface area contributed by atoms with Gasteiger partial charge in [-0.2, -0.15) is 8.42 Å². The minimum absolute atomic E-state index is 0. The summed E-state index contributed by atoms with van der Waals surface area (Å²) in [6.45, 7) is 2.19. The molecule has 0 bridgehead atoms. The molecule has 0 aromatic heterocycles. The van der Waals surface area contributed by atoms with Crippen LogP contribution in [0.4, 0.5) is 0 Å². The van der Waals surface area contributed by atoms with Crippen LogP contribution in [-0.2, 0) is 10.1 Å². The van der Waals surface area contributed by atoms with E-state index in [0.717, 1.165) is 12.8 Å². The lowest BCUT2D eigenvalue weighted by Gasteiger charge is -2.00. The Kier molecular flexibility index (Phi) is 13.0. The number of hydrogen-bond donors (Lipinski definition) is 1. The lowest BCUT2D eigenvalue weighted by atomic mass is 10.1. The lowest BCUT2D eigenvalue weighted by Crippen LogP contribution is -2.03. The van der Waals surface area contributed by atoms with Crippen molar-refractivity contribution in [2.75, 3.05) is 5.75 Å². The quantitative estimate of drug-likeness (QED) is 0.387. The molecule has 0 heterocycles. The Labute approximate surface area is 105 Å². The van der Waals surface area contributed by atoms with Crippen molar-refractivity contribution in [3.05, 3.63) is 0 Å². The highest BCUT2D eigenvalue weighted by Gasteiger charge is 2.02. The third-order valence-corrected chi connectivity index (χ3v) is 3.06. The molecular weight excluding hydrogens is 227 g/mol. The fourth-order valence-corrected chi connectivity index (χ4v) is 1.99. The molecule has 0 amide bonds. The fourth-order valence-electron chi connectivity index (χ4n) is 1.42. The van der Waals surface area contributed by atoms with Gasteiger partial charge in [-0.25, -0.2) is 0 Å². The van der Waals surface area contributed by atoms with Gasteiger partial charge in [-0.1, -0.05) is 51.9 Å². The summed E-state index contributed by atoms with van der Waals surface area (Å²) in [5.41, 5.74) is 0. The predicted octanol–water partition coefficient (Wildman–Crippen LogP) is 1.83. The van der Waals surface area contributed by atoms with Crippen LogP contribution in [0.5, 0.6) is 0 Å². The maximum Gasteiger partial charge on any atom is 0.264 e. The van der Waals surface area contributed by atoms with Gasteiger partial charge in [-0.05, 0) is 6.42 Å². The molecule has 15 heavy (non-hydrogen) atoms. The highest BCUT2D eigenvalue weighted by atomic mass is 32.2. The summed E-state index contributed by atoms with van der Waals surface area (Å²) in [5.74, 6) is -0.0814. The van der Waals surface area contributed by atoms with Gasteiger partial charge in [-0.3, -0.25) is 4.55 Å². The molecule has 5 heteroatoms. The molecule has 0 saturated carbocycles. The number of unbranched alkanes of at least 4 members (excludes halogenated alkanes) is 7. The molecular formula is C10H25AlO3S. The second-order valence-corrected chi connectivity index (χ2v) is 5.33. The van der Waals surface area contributed by atoms with Gasteiger partial charge in [0.15, 0.2) is 17.4 Å². The van der Waals surface area contributed by atoms with Gasteiger partial charge in [-0.15, -0.1) is 0 Å². The second kappa shape index (κ2) is 10.9. The fraction of sp³-hybridized carbons (Fsp3) is 1.00. The molecule has 0 fully saturated rings. The van der Waals surface area contributed by atoms with E-state index in [1.54, 1.807) is 0 Å². The van der Waals surface area contributed by atoms with Crippen molar-refractivity contribution in [2.45, 2.75) is 58.3 Å². The summed E-state index contributed by atoms with van der Waals surface area (Å²) in [7, 11) is -3.73. The van der Waals surface area contributed by atoms with Crippen LogP contribution in [0, 0.1) is 0 Å². The zero-order valence-corrected chi connectivity index (χ0v) is 9.85. The van der Waals surface area contributed by atoms with E-state index in [2.05, 4.69) is 6.92 Å². The lowest BCUT2D eigenvalue weighted by molar-refractivity contribution is 0.478. The summed E-state index contributed by atoms with van der Waals surface area (Å²) in [6, 6.07) is 0. The molecule has 0 atom stereocenters. The van der Waals surface area contributed by atoms with Crippen molar-refractivity contribution in [1.82, 2.24) is 0 Å².